The largest absolute Gasteiger partial charge is 0.383 e. The smallest absolute Gasteiger partial charge is 0.0587 e. The van der Waals surface area contributed by atoms with Gasteiger partial charge >= 0.3 is 0 Å². The molecule has 0 aliphatic carbocycles. The van der Waals surface area contributed by atoms with E-state index in [9.17, 15) is 0 Å². The summed E-state index contributed by atoms with van der Waals surface area (Å²) >= 11 is 0. The summed E-state index contributed by atoms with van der Waals surface area (Å²) < 4.78 is 5.04. The predicted octanol–water partition coefficient (Wildman–Crippen LogP) is 2.66. The number of hydrogen-bond donors (Lipinski definition) is 1. The van der Waals surface area contributed by atoms with E-state index in [1.165, 1.54) is 24.1 Å². The highest BCUT2D eigenvalue weighted by Gasteiger charge is 2.05. The lowest BCUT2D eigenvalue weighted by Crippen LogP contribution is -2.23. The predicted molar refractivity (Wildman–Crippen MR) is 78.2 cm³/mol. The van der Waals surface area contributed by atoms with Gasteiger partial charge in [-0.2, -0.15) is 0 Å². The zero-order valence-electron chi connectivity index (χ0n) is 11.9. The Balaban J connectivity index is 2.55. The Morgan fingerprint density at radius 1 is 1.28 bits per heavy atom. The van der Waals surface area contributed by atoms with Gasteiger partial charge in [-0.3, -0.25) is 0 Å². The van der Waals surface area contributed by atoms with Crippen LogP contribution in [0.25, 0.3) is 0 Å². The molecule has 1 aromatic rings. The van der Waals surface area contributed by atoms with Crippen molar-refractivity contribution in [3.8, 4) is 0 Å². The van der Waals surface area contributed by atoms with Crippen LogP contribution < -0.4 is 10.2 Å². The van der Waals surface area contributed by atoms with Gasteiger partial charge in [-0.25, -0.2) is 0 Å². The number of rotatable bonds is 9. The number of nitrogens with one attached hydrogen (secondary N) is 1. The highest BCUT2D eigenvalue weighted by molar-refractivity contribution is 5.52. The van der Waals surface area contributed by atoms with E-state index in [4.69, 9.17) is 4.74 Å². The van der Waals surface area contributed by atoms with Crippen molar-refractivity contribution in [2.24, 2.45) is 0 Å². The van der Waals surface area contributed by atoms with E-state index in [0.717, 1.165) is 26.2 Å². The van der Waals surface area contributed by atoms with Crippen LogP contribution in [0.3, 0.4) is 0 Å². The van der Waals surface area contributed by atoms with Crippen molar-refractivity contribution in [1.82, 2.24) is 5.32 Å². The highest BCUT2D eigenvalue weighted by atomic mass is 16.5. The first-order valence-corrected chi connectivity index (χ1v) is 6.78. The zero-order chi connectivity index (χ0) is 13.2. The van der Waals surface area contributed by atoms with E-state index in [1.807, 2.05) is 0 Å². The van der Waals surface area contributed by atoms with Crippen molar-refractivity contribution in [3.05, 3.63) is 29.8 Å². The summed E-state index contributed by atoms with van der Waals surface area (Å²) in [5, 5.41) is 3.40. The molecule has 0 aromatic heterocycles. The molecular weight excluding hydrogens is 224 g/mol. The second-order valence-corrected chi connectivity index (χ2v) is 4.57. The molecular formula is C15H26N2O. The Labute approximate surface area is 111 Å². The maximum Gasteiger partial charge on any atom is 0.0587 e. The molecule has 0 aliphatic heterocycles. The Morgan fingerprint density at radius 3 is 2.78 bits per heavy atom. The first-order valence-electron chi connectivity index (χ1n) is 6.78. The summed E-state index contributed by atoms with van der Waals surface area (Å²) in [5.74, 6) is 0. The van der Waals surface area contributed by atoms with Gasteiger partial charge < -0.3 is 15.0 Å². The first-order chi connectivity index (χ1) is 8.79. The van der Waals surface area contributed by atoms with Crippen LogP contribution in [0.15, 0.2) is 24.3 Å². The zero-order valence-corrected chi connectivity index (χ0v) is 11.9. The van der Waals surface area contributed by atoms with E-state index in [0.29, 0.717) is 0 Å². The van der Waals surface area contributed by atoms with Gasteiger partial charge in [0.2, 0.25) is 0 Å². The van der Waals surface area contributed by atoms with Crippen molar-refractivity contribution < 1.29 is 4.74 Å². The lowest BCUT2D eigenvalue weighted by molar-refractivity contribution is 0.199. The molecule has 0 amide bonds. The maximum atomic E-state index is 5.04. The highest BCUT2D eigenvalue weighted by Crippen LogP contribution is 2.19. The number of anilines is 1. The average molecular weight is 250 g/mol. The van der Waals surface area contributed by atoms with Crippen molar-refractivity contribution in [2.45, 2.75) is 26.3 Å². The van der Waals surface area contributed by atoms with E-state index in [-0.39, 0.29) is 0 Å². The van der Waals surface area contributed by atoms with Crippen molar-refractivity contribution in [2.75, 3.05) is 38.8 Å². The number of para-hydroxylation sites is 1. The minimum atomic E-state index is 0.758. The fourth-order valence-electron chi connectivity index (χ4n) is 1.95. The topological polar surface area (TPSA) is 24.5 Å². The van der Waals surface area contributed by atoms with Gasteiger partial charge in [-0.1, -0.05) is 31.5 Å². The number of benzene rings is 1. The fraction of sp³-hybridized carbons (Fsp3) is 0.600. The van der Waals surface area contributed by atoms with Crippen LogP contribution in [-0.4, -0.2) is 33.9 Å². The Hall–Kier alpha value is -1.06. The summed E-state index contributed by atoms with van der Waals surface area (Å²) in [5.41, 5.74) is 2.68. The molecule has 0 fully saturated rings. The van der Waals surface area contributed by atoms with Crippen LogP contribution >= 0.6 is 0 Å². The average Bonchev–Trinajstić information content (AvgIpc) is 2.41. The Morgan fingerprint density at radius 2 is 2.06 bits per heavy atom. The van der Waals surface area contributed by atoms with Crippen LogP contribution in [0.2, 0.25) is 0 Å². The lowest BCUT2D eigenvalue weighted by atomic mass is 10.1. The molecule has 0 saturated carbocycles. The second kappa shape index (κ2) is 8.95. The van der Waals surface area contributed by atoms with E-state index < -0.39 is 0 Å². The summed E-state index contributed by atoms with van der Waals surface area (Å²) in [6, 6.07) is 8.60. The van der Waals surface area contributed by atoms with Gasteiger partial charge in [0.25, 0.3) is 0 Å². The van der Waals surface area contributed by atoms with E-state index >= 15 is 0 Å². The van der Waals surface area contributed by atoms with Crippen molar-refractivity contribution in [1.29, 1.82) is 0 Å². The third-order valence-corrected chi connectivity index (χ3v) is 3.05. The van der Waals surface area contributed by atoms with Crippen LogP contribution in [0.5, 0.6) is 0 Å². The van der Waals surface area contributed by atoms with Crippen LogP contribution in [-0.2, 0) is 11.3 Å². The molecule has 0 heterocycles. The number of methoxy groups -OCH3 is 1. The van der Waals surface area contributed by atoms with Crippen molar-refractivity contribution in [3.63, 3.8) is 0 Å². The SMILES string of the molecule is CCCCN(C)c1ccccc1CNCCOC. The van der Waals surface area contributed by atoms with E-state index in [2.05, 4.69) is 48.5 Å². The van der Waals surface area contributed by atoms with Gasteiger partial charge in [0.15, 0.2) is 0 Å². The number of ether oxygens (including phenoxy) is 1. The third kappa shape index (κ3) is 5.07. The van der Waals surface area contributed by atoms with Crippen LogP contribution in [0, 0.1) is 0 Å². The van der Waals surface area contributed by atoms with Crippen molar-refractivity contribution >= 4 is 5.69 Å². The minimum Gasteiger partial charge on any atom is -0.383 e. The molecule has 0 bridgehead atoms. The third-order valence-electron chi connectivity index (χ3n) is 3.05. The molecule has 18 heavy (non-hydrogen) atoms. The lowest BCUT2D eigenvalue weighted by Gasteiger charge is -2.22. The molecule has 0 unspecified atom stereocenters. The normalized spacial score (nSPS) is 10.6. The number of unbranched alkanes of at least 4 members (excludes halogenated alkanes) is 1. The number of nitrogens with zero attached hydrogens (tertiary/aromatic N) is 1. The van der Waals surface area contributed by atoms with Crippen LogP contribution in [0.1, 0.15) is 25.3 Å². The number of hydrogen-bond acceptors (Lipinski definition) is 3. The molecule has 0 spiro atoms. The van der Waals surface area contributed by atoms with Gasteiger partial charge in [0.05, 0.1) is 6.61 Å². The minimum absolute atomic E-state index is 0.758. The van der Waals surface area contributed by atoms with E-state index in [1.54, 1.807) is 7.11 Å². The van der Waals surface area contributed by atoms with Gasteiger partial charge in [-0.05, 0) is 18.1 Å². The van der Waals surface area contributed by atoms with Gasteiger partial charge in [0.1, 0.15) is 0 Å². The molecule has 1 aromatic carbocycles. The molecule has 0 aliphatic rings. The standard InChI is InChI=1S/C15H26N2O/c1-4-5-11-17(2)15-9-7-6-8-14(15)13-16-10-12-18-3/h6-9,16H,4-5,10-13H2,1-3H3. The monoisotopic (exact) mass is 250 g/mol. The fourth-order valence-corrected chi connectivity index (χ4v) is 1.95. The molecule has 102 valence electrons. The Bertz CT molecular complexity index is 328. The molecule has 0 saturated heterocycles. The van der Waals surface area contributed by atoms with Crippen LogP contribution in [0.4, 0.5) is 5.69 Å². The molecule has 0 radical (unpaired) electrons. The Kier molecular flexibility index (Phi) is 7.46. The summed E-state index contributed by atoms with van der Waals surface area (Å²) in [6.45, 7) is 5.89. The quantitative estimate of drug-likeness (QED) is 0.682. The summed E-state index contributed by atoms with van der Waals surface area (Å²) in [6.07, 6.45) is 2.47. The molecule has 0 atom stereocenters. The maximum absolute atomic E-state index is 5.04. The molecule has 3 nitrogen and oxygen atoms in total. The molecule has 1 rings (SSSR count). The summed E-state index contributed by atoms with van der Waals surface area (Å²) in [4.78, 5) is 2.34. The molecule has 1 N–H and O–H groups in total. The van der Waals surface area contributed by atoms with Gasteiger partial charge in [-0.15, -0.1) is 0 Å². The summed E-state index contributed by atoms with van der Waals surface area (Å²) in [7, 11) is 3.90. The second-order valence-electron chi connectivity index (χ2n) is 4.57. The molecule has 3 heteroatoms. The first kappa shape index (κ1) is 15.0. The van der Waals surface area contributed by atoms with Gasteiger partial charge in [0, 0.05) is 39.5 Å².